The van der Waals surface area contributed by atoms with Gasteiger partial charge in [-0.1, -0.05) is 31.2 Å². The number of benzene rings is 3. The number of primary amides is 1. The van der Waals surface area contributed by atoms with E-state index in [9.17, 15) is 18.3 Å². The van der Waals surface area contributed by atoms with E-state index in [0.29, 0.717) is 23.7 Å². The molecule has 2 aliphatic heterocycles. The topological polar surface area (TPSA) is 122 Å². The molecule has 10 heteroatoms. The summed E-state index contributed by atoms with van der Waals surface area (Å²) in [5.74, 6) is 0.298. The molecule has 0 saturated carbocycles. The Labute approximate surface area is 266 Å². The summed E-state index contributed by atoms with van der Waals surface area (Å²) in [7, 11) is -3.34. The van der Waals surface area contributed by atoms with Crippen molar-refractivity contribution in [3.8, 4) is 5.75 Å². The van der Waals surface area contributed by atoms with Gasteiger partial charge in [0.05, 0.1) is 37.1 Å². The molecule has 0 bridgehead atoms. The summed E-state index contributed by atoms with van der Waals surface area (Å²) < 4.78 is 35.9. The molecule has 0 aliphatic carbocycles. The summed E-state index contributed by atoms with van der Waals surface area (Å²) in [6, 6.07) is 20.6. The van der Waals surface area contributed by atoms with Crippen LogP contribution in [0.5, 0.6) is 5.75 Å². The number of sulfone groups is 1. The van der Waals surface area contributed by atoms with Gasteiger partial charge in [0.25, 0.3) is 0 Å². The minimum Gasteiger partial charge on any atom is -0.494 e. The Morgan fingerprint density at radius 1 is 1.04 bits per heavy atom. The average molecular weight is 636 g/mol. The Balaban J connectivity index is 1.20. The third-order valence-corrected chi connectivity index (χ3v) is 10.7. The number of hydrogen-bond acceptors (Lipinski definition) is 8. The number of carbonyl (C=O) groups excluding carboxylic acids is 1. The predicted molar refractivity (Wildman–Crippen MR) is 176 cm³/mol. The molecule has 2 atom stereocenters. The molecule has 3 N–H and O–H groups in total. The number of ether oxygens (including phenoxy) is 2. The Morgan fingerprint density at radius 2 is 1.78 bits per heavy atom. The molecule has 3 aromatic rings. The van der Waals surface area contributed by atoms with E-state index in [1.807, 2.05) is 12.1 Å². The van der Waals surface area contributed by atoms with E-state index in [0.717, 1.165) is 82.2 Å². The van der Waals surface area contributed by atoms with Gasteiger partial charge < -0.3 is 25.2 Å². The van der Waals surface area contributed by atoms with Crippen molar-refractivity contribution in [2.75, 3.05) is 69.8 Å². The summed E-state index contributed by atoms with van der Waals surface area (Å²) >= 11 is 0. The quantitative estimate of drug-likeness (QED) is 0.256. The molecule has 0 spiro atoms. The van der Waals surface area contributed by atoms with Crippen LogP contribution in [-0.2, 0) is 21.0 Å². The smallest absolute Gasteiger partial charge is 0.249 e. The van der Waals surface area contributed by atoms with Crippen LogP contribution in [0.25, 0.3) is 0 Å². The van der Waals surface area contributed by atoms with Crippen LogP contribution in [0.4, 0.5) is 5.69 Å². The fourth-order valence-corrected chi connectivity index (χ4v) is 7.19. The van der Waals surface area contributed by atoms with Crippen molar-refractivity contribution in [1.82, 2.24) is 4.90 Å². The first kappa shape index (κ1) is 32.9. The zero-order valence-corrected chi connectivity index (χ0v) is 26.9. The van der Waals surface area contributed by atoms with E-state index < -0.39 is 21.7 Å². The van der Waals surface area contributed by atoms with Gasteiger partial charge in [-0.3, -0.25) is 9.69 Å². The van der Waals surface area contributed by atoms with Crippen molar-refractivity contribution >= 4 is 21.4 Å². The highest BCUT2D eigenvalue weighted by atomic mass is 32.2. The van der Waals surface area contributed by atoms with Crippen molar-refractivity contribution in [1.29, 1.82) is 0 Å². The fourth-order valence-electron chi connectivity index (χ4n) is 6.31. The molecular weight excluding hydrogens is 590 g/mol. The van der Waals surface area contributed by atoms with Gasteiger partial charge >= 0.3 is 0 Å². The van der Waals surface area contributed by atoms with Crippen LogP contribution in [-0.4, -0.2) is 89.2 Å². The number of nitrogens with two attached hydrogens (primary N) is 1. The maximum Gasteiger partial charge on any atom is 0.249 e. The van der Waals surface area contributed by atoms with Gasteiger partial charge in [0, 0.05) is 49.9 Å². The summed E-state index contributed by atoms with van der Waals surface area (Å²) in [5.41, 5.74) is 9.70. The highest BCUT2D eigenvalue weighted by molar-refractivity contribution is 7.91. The van der Waals surface area contributed by atoms with Crippen LogP contribution < -0.4 is 15.4 Å². The lowest BCUT2D eigenvalue weighted by molar-refractivity contribution is 0.0358. The average Bonchev–Trinajstić information content (AvgIpc) is 3.53. The van der Waals surface area contributed by atoms with E-state index in [-0.39, 0.29) is 17.3 Å². The predicted octanol–water partition coefficient (Wildman–Crippen LogP) is 3.87. The molecule has 9 nitrogen and oxygen atoms in total. The van der Waals surface area contributed by atoms with Crippen LogP contribution in [0.3, 0.4) is 0 Å². The summed E-state index contributed by atoms with van der Waals surface area (Å²) in [6.07, 6.45) is 3.01. The Kier molecular flexibility index (Phi) is 11.1. The highest BCUT2D eigenvalue weighted by Crippen LogP contribution is 2.34. The molecule has 2 fully saturated rings. The number of carbonyl (C=O) groups is 1. The third kappa shape index (κ3) is 8.43. The fraction of sp³-hybridized carbons (Fsp3) is 0.457. The normalized spacial score (nSPS) is 18.2. The molecular formula is C35H45N3O6S. The van der Waals surface area contributed by atoms with Crippen molar-refractivity contribution in [3.63, 3.8) is 0 Å². The van der Waals surface area contributed by atoms with Gasteiger partial charge in [-0.15, -0.1) is 0 Å². The maximum absolute atomic E-state index is 12.4. The minimum absolute atomic E-state index is 0.0102. The number of anilines is 1. The number of hydrogen-bond donors (Lipinski definition) is 2. The monoisotopic (exact) mass is 635 g/mol. The van der Waals surface area contributed by atoms with Gasteiger partial charge in [0.1, 0.15) is 5.75 Å². The van der Waals surface area contributed by atoms with E-state index in [2.05, 4.69) is 34.1 Å². The standard InChI is InChI=1S/C35H45N3O6S/c1-2-45(41,42)31-11-6-28(7-12-31)34(25-39)33-23-29(8-13-32(33)35(36)40)38-16-14-27(24-38)22-26-4-9-30(10-5-26)44-19-3-15-37-17-20-43-21-18-37/h4-13,23,27,34,39H,2-3,14-22,24-25H2,1H3,(H2,36,40)/t27-,34+/m0/s1. The first-order chi connectivity index (χ1) is 21.8. The number of morpholine rings is 1. The summed E-state index contributed by atoms with van der Waals surface area (Å²) in [5, 5.41) is 10.4. The number of amides is 1. The lowest BCUT2D eigenvalue weighted by Crippen LogP contribution is -2.37. The van der Waals surface area contributed by atoms with Gasteiger partial charge in [-0.2, -0.15) is 0 Å². The Hall–Kier alpha value is -3.44. The largest absolute Gasteiger partial charge is 0.494 e. The van der Waals surface area contributed by atoms with Gasteiger partial charge in [0.2, 0.25) is 5.91 Å². The second-order valence-corrected chi connectivity index (χ2v) is 14.2. The van der Waals surface area contributed by atoms with Crippen molar-refractivity contribution in [2.24, 2.45) is 11.7 Å². The molecule has 2 saturated heterocycles. The summed E-state index contributed by atoms with van der Waals surface area (Å²) in [6.45, 7) is 8.49. The summed E-state index contributed by atoms with van der Waals surface area (Å²) in [4.78, 5) is 17.4. The van der Waals surface area contributed by atoms with Crippen molar-refractivity contribution in [3.05, 3.63) is 89.0 Å². The second-order valence-electron chi connectivity index (χ2n) is 11.9. The molecule has 0 unspecified atom stereocenters. The highest BCUT2D eigenvalue weighted by Gasteiger charge is 2.26. The maximum atomic E-state index is 12.4. The van der Waals surface area contributed by atoms with Crippen molar-refractivity contribution < 1.29 is 27.8 Å². The van der Waals surface area contributed by atoms with Crippen LogP contribution in [0.1, 0.15) is 52.7 Å². The zero-order chi connectivity index (χ0) is 31.8. The molecule has 2 heterocycles. The van der Waals surface area contributed by atoms with Gasteiger partial charge in [-0.25, -0.2) is 8.42 Å². The molecule has 242 valence electrons. The molecule has 1 amide bonds. The van der Waals surface area contributed by atoms with Gasteiger partial charge in [-0.05, 0) is 84.3 Å². The minimum atomic E-state index is -3.34. The van der Waals surface area contributed by atoms with Crippen LogP contribution in [0.2, 0.25) is 0 Å². The van der Waals surface area contributed by atoms with E-state index in [4.69, 9.17) is 15.2 Å². The molecule has 0 radical (unpaired) electrons. The molecule has 3 aromatic carbocycles. The SMILES string of the molecule is CCS(=O)(=O)c1ccc([C@@H](CO)c2cc(N3CC[C@@H](Cc4ccc(OCCCN5CCOCC5)cc4)C3)ccc2C(N)=O)cc1. The Bertz CT molecular complexity index is 1520. The number of aliphatic hydroxyl groups excluding tert-OH is 1. The number of rotatable bonds is 14. The molecule has 0 aromatic heterocycles. The first-order valence-electron chi connectivity index (χ1n) is 15.9. The van der Waals surface area contributed by atoms with Crippen LogP contribution in [0, 0.1) is 5.92 Å². The first-order valence-corrected chi connectivity index (χ1v) is 17.6. The lowest BCUT2D eigenvalue weighted by atomic mass is 9.88. The second kappa shape index (κ2) is 15.2. The van der Waals surface area contributed by atoms with Crippen LogP contribution >= 0.6 is 0 Å². The van der Waals surface area contributed by atoms with Gasteiger partial charge in [0.15, 0.2) is 9.84 Å². The molecule has 45 heavy (non-hydrogen) atoms. The molecule has 2 aliphatic rings. The van der Waals surface area contributed by atoms with E-state index >= 15 is 0 Å². The number of nitrogens with zero attached hydrogens (tertiary/aromatic N) is 2. The Morgan fingerprint density at radius 3 is 2.44 bits per heavy atom. The zero-order valence-electron chi connectivity index (χ0n) is 26.1. The third-order valence-electron chi connectivity index (χ3n) is 8.97. The molecule has 5 rings (SSSR count). The van der Waals surface area contributed by atoms with Crippen LogP contribution in [0.15, 0.2) is 71.6 Å². The van der Waals surface area contributed by atoms with E-state index in [1.54, 1.807) is 37.3 Å². The van der Waals surface area contributed by atoms with E-state index in [1.165, 1.54) is 5.56 Å². The lowest BCUT2D eigenvalue weighted by Gasteiger charge is -2.26. The number of aliphatic hydroxyl groups is 1. The van der Waals surface area contributed by atoms with Crippen molar-refractivity contribution in [2.45, 2.75) is 37.0 Å².